The molecule has 7 heteroatoms. The first kappa shape index (κ1) is 15.9. The number of carbonyl (C=O) groups excluding carboxylic acids is 1. The van der Waals surface area contributed by atoms with E-state index in [-0.39, 0.29) is 11.9 Å². The number of nitrogens with one attached hydrogen (secondary N) is 3. The van der Waals surface area contributed by atoms with Crippen LogP contribution in [-0.4, -0.2) is 30.8 Å². The second-order valence-electron chi connectivity index (χ2n) is 3.92. The number of thiocarbonyl (C=S) groups is 1. The van der Waals surface area contributed by atoms with Crippen molar-refractivity contribution in [1.29, 1.82) is 0 Å². The predicted molar refractivity (Wildman–Crippen MR) is 81.8 cm³/mol. The van der Waals surface area contributed by atoms with Gasteiger partial charge in [0.1, 0.15) is 0 Å². The van der Waals surface area contributed by atoms with Crippen molar-refractivity contribution in [1.82, 2.24) is 16.2 Å². The molecule has 1 rings (SSSR count). The summed E-state index contributed by atoms with van der Waals surface area (Å²) in [5.41, 5.74) is 5.70. The Morgan fingerprint density at radius 2 is 2.21 bits per heavy atom. The number of hydrazine groups is 1. The fourth-order valence-electron chi connectivity index (χ4n) is 1.37. The van der Waals surface area contributed by atoms with E-state index in [1.807, 2.05) is 13.0 Å². The highest BCUT2D eigenvalue weighted by molar-refractivity contribution is 9.10. The summed E-state index contributed by atoms with van der Waals surface area (Å²) in [6.45, 7) is 2.45. The molecule has 104 valence electrons. The van der Waals surface area contributed by atoms with Gasteiger partial charge in [-0.25, -0.2) is 0 Å². The minimum absolute atomic E-state index is 0.0628. The van der Waals surface area contributed by atoms with E-state index in [0.29, 0.717) is 17.3 Å². The quantitative estimate of drug-likeness (QED) is 0.571. The lowest BCUT2D eigenvalue weighted by molar-refractivity contribution is 0.0943. The summed E-state index contributed by atoms with van der Waals surface area (Å²) < 4.78 is 5.81. The minimum atomic E-state index is -0.259. The molecular weight excluding hydrogens is 330 g/mol. The fourth-order valence-corrected chi connectivity index (χ4v) is 2.02. The molecule has 0 aliphatic carbocycles. The van der Waals surface area contributed by atoms with Crippen LogP contribution in [0, 0.1) is 0 Å². The van der Waals surface area contributed by atoms with Crippen LogP contribution in [0.4, 0.5) is 0 Å². The van der Waals surface area contributed by atoms with Gasteiger partial charge in [-0.05, 0) is 37.3 Å². The fraction of sp³-hybridized carbons (Fsp3) is 0.333. The highest BCUT2D eigenvalue weighted by Crippen LogP contribution is 2.11. The molecule has 0 radical (unpaired) electrons. The number of rotatable bonds is 4. The van der Waals surface area contributed by atoms with E-state index in [1.165, 1.54) is 0 Å². The third kappa shape index (κ3) is 6.00. The molecule has 0 bridgehead atoms. The van der Waals surface area contributed by atoms with Crippen LogP contribution in [0.5, 0.6) is 0 Å². The van der Waals surface area contributed by atoms with Crippen molar-refractivity contribution in [2.45, 2.75) is 13.0 Å². The van der Waals surface area contributed by atoms with Crippen molar-refractivity contribution in [2.24, 2.45) is 0 Å². The van der Waals surface area contributed by atoms with Gasteiger partial charge in [0.15, 0.2) is 5.11 Å². The molecule has 19 heavy (non-hydrogen) atoms. The molecule has 5 nitrogen and oxygen atoms in total. The lowest BCUT2D eigenvalue weighted by atomic mass is 10.2. The monoisotopic (exact) mass is 345 g/mol. The van der Waals surface area contributed by atoms with Crippen LogP contribution >= 0.6 is 28.1 Å². The molecule has 1 aromatic carbocycles. The summed E-state index contributed by atoms with van der Waals surface area (Å²) in [4.78, 5) is 11.8. The number of hydrogen-bond donors (Lipinski definition) is 3. The number of amides is 1. The lowest BCUT2D eigenvalue weighted by Gasteiger charge is -2.16. The smallest absolute Gasteiger partial charge is 0.269 e. The van der Waals surface area contributed by atoms with E-state index in [9.17, 15) is 4.79 Å². The molecule has 3 N–H and O–H groups in total. The Morgan fingerprint density at radius 1 is 1.47 bits per heavy atom. The maximum absolute atomic E-state index is 11.8. The Morgan fingerprint density at radius 3 is 2.84 bits per heavy atom. The maximum atomic E-state index is 11.8. The summed E-state index contributed by atoms with van der Waals surface area (Å²) in [6.07, 6.45) is 0. The molecule has 1 aromatic rings. The van der Waals surface area contributed by atoms with Crippen molar-refractivity contribution in [3.05, 3.63) is 34.3 Å². The number of hydrogen-bond acceptors (Lipinski definition) is 3. The molecule has 1 atom stereocenters. The standard InChI is InChI=1S/C12H16BrN3O2S/c1-8(7-18-2)14-12(19)16-15-11(17)9-4-3-5-10(13)6-9/h3-6,8H,7H2,1-2H3,(H,15,17)(H2,14,16,19)/t8-/m0/s1. The van der Waals surface area contributed by atoms with E-state index >= 15 is 0 Å². The van der Waals surface area contributed by atoms with Crippen molar-refractivity contribution < 1.29 is 9.53 Å². The first-order valence-corrected chi connectivity index (χ1v) is 6.84. The SMILES string of the molecule is COC[C@H](C)NC(=S)NNC(=O)c1cccc(Br)c1. The van der Waals surface area contributed by atoms with Crippen LogP contribution in [0.3, 0.4) is 0 Å². The van der Waals surface area contributed by atoms with Gasteiger partial charge in [-0.3, -0.25) is 15.6 Å². The van der Waals surface area contributed by atoms with E-state index in [4.69, 9.17) is 17.0 Å². The molecule has 0 aliphatic rings. The highest BCUT2D eigenvalue weighted by Gasteiger charge is 2.07. The van der Waals surface area contributed by atoms with Gasteiger partial charge in [0.05, 0.1) is 6.61 Å². The second-order valence-corrected chi connectivity index (χ2v) is 5.24. The van der Waals surface area contributed by atoms with Gasteiger partial charge in [-0.15, -0.1) is 0 Å². The van der Waals surface area contributed by atoms with E-state index < -0.39 is 0 Å². The lowest BCUT2D eigenvalue weighted by Crippen LogP contribution is -2.49. The average Bonchev–Trinajstić information content (AvgIpc) is 2.36. The van der Waals surface area contributed by atoms with Gasteiger partial charge in [-0.2, -0.15) is 0 Å². The number of benzene rings is 1. The summed E-state index contributed by atoms with van der Waals surface area (Å²) in [6, 6.07) is 7.14. The molecule has 0 unspecified atom stereocenters. The first-order valence-electron chi connectivity index (χ1n) is 5.64. The van der Waals surface area contributed by atoms with Crippen LogP contribution in [0.1, 0.15) is 17.3 Å². The van der Waals surface area contributed by atoms with Crippen LogP contribution in [0.2, 0.25) is 0 Å². The predicted octanol–water partition coefficient (Wildman–Crippen LogP) is 1.59. The summed E-state index contributed by atoms with van der Waals surface area (Å²) in [5, 5.41) is 3.31. The largest absolute Gasteiger partial charge is 0.383 e. The number of ether oxygens (including phenoxy) is 1. The molecule has 0 aromatic heterocycles. The number of carbonyl (C=O) groups is 1. The third-order valence-electron chi connectivity index (χ3n) is 2.17. The van der Waals surface area contributed by atoms with Gasteiger partial charge >= 0.3 is 0 Å². The van der Waals surface area contributed by atoms with Gasteiger partial charge in [0.2, 0.25) is 0 Å². The summed E-state index contributed by atoms with van der Waals surface area (Å²) in [7, 11) is 1.61. The Labute approximate surface area is 126 Å². The van der Waals surface area contributed by atoms with Gasteiger partial charge in [0.25, 0.3) is 5.91 Å². The Bertz CT molecular complexity index is 456. The maximum Gasteiger partial charge on any atom is 0.269 e. The molecule has 0 saturated heterocycles. The zero-order valence-corrected chi connectivity index (χ0v) is 13.1. The van der Waals surface area contributed by atoms with Gasteiger partial charge < -0.3 is 10.1 Å². The Hall–Kier alpha value is -1.18. The second kappa shape index (κ2) is 8.08. The molecule has 1 amide bonds. The molecular formula is C12H16BrN3O2S. The van der Waals surface area contributed by atoms with Crippen LogP contribution < -0.4 is 16.2 Å². The number of methoxy groups -OCH3 is 1. The zero-order chi connectivity index (χ0) is 14.3. The van der Waals surface area contributed by atoms with Crippen molar-refractivity contribution >= 4 is 39.2 Å². The van der Waals surface area contributed by atoms with E-state index in [0.717, 1.165) is 4.47 Å². The van der Waals surface area contributed by atoms with E-state index in [1.54, 1.807) is 25.3 Å². The van der Waals surface area contributed by atoms with Crippen LogP contribution in [0.15, 0.2) is 28.7 Å². The normalized spacial score (nSPS) is 11.5. The molecule has 0 saturated carbocycles. The van der Waals surface area contributed by atoms with Gasteiger partial charge in [-0.1, -0.05) is 22.0 Å². The molecule has 0 heterocycles. The number of halogens is 1. The topological polar surface area (TPSA) is 62.4 Å². The van der Waals surface area contributed by atoms with Crippen molar-refractivity contribution in [2.75, 3.05) is 13.7 Å². The van der Waals surface area contributed by atoms with Crippen LogP contribution in [0.25, 0.3) is 0 Å². The average molecular weight is 346 g/mol. The van der Waals surface area contributed by atoms with Crippen LogP contribution in [-0.2, 0) is 4.74 Å². The Balaban J connectivity index is 2.40. The van der Waals surface area contributed by atoms with Gasteiger partial charge in [0, 0.05) is 23.2 Å². The summed E-state index contributed by atoms with van der Waals surface area (Å²) in [5.74, 6) is -0.259. The zero-order valence-electron chi connectivity index (χ0n) is 10.7. The third-order valence-corrected chi connectivity index (χ3v) is 2.88. The Kier molecular flexibility index (Phi) is 6.75. The summed E-state index contributed by atoms with van der Waals surface area (Å²) >= 11 is 8.34. The molecule has 0 fully saturated rings. The first-order chi connectivity index (χ1) is 9.02. The van der Waals surface area contributed by atoms with Crippen molar-refractivity contribution in [3.8, 4) is 0 Å². The molecule has 0 aliphatic heterocycles. The molecule has 0 spiro atoms. The van der Waals surface area contributed by atoms with E-state index in [2.05, 4.69) is 32.1 Å². The van der Waals surface area contributed by atoms with Crippen molar-refractivity contribution in [3.63, 3.8) is 0 Å². The minimum Gasteiger partial charge on any atom is -0.383 e. The highest BCUT2D eigenvalue weighted by atomic mass is 79.9.